The molecule has 1 aromatic rings. The van der Waals surface area contributed by atoms with Crippen LogP contribution in [-0.4, -0.2) is 28.9 Å². The second-order valence-electron chi connectivity index (χ2n) is 4.70. The van der Waals surface area contributed by atoms with Crippen LogP contribution in [0.5, 0.6) is 0 Å². The molecule has 1 N–H and O–H groups in total. The summed E-state index contributed by atoms with van der Waals surface area (Å²) in [6, 6.07) is 2.12. The smallest absolute Gasteiger partial charge is 0.312 e. The third-order valence-electron chi connectivity index (χ3n) is 3.35. The van der Waals surface area contributed by atoms with Crippen molar-refractivity contribution in [1.82, 2.24) is 9.78 Å². The minimum atomic E-state index is -0.160. The van der Waals surface area contributed by atoms with Gasteiger partial charge in [-0.2, -0.15) is 5.10 Å². The molecule has 5 heteroatoms. The molecule has 0 fully saturated rings. The van der Waals surface area contributed by atoms with Gasteiger partial charge in [-0.3, -0.25) is 4.79 Å². The van der Waals surface area contributed by atoms with Crippen molar-refractivity contribution in [3.05, 3.63) is 11.8 Å². The van der Waals surface area contributed by atoms with Gasteiger partial charge >= 0.3 is 5.97 Å². The summed E-state index contributed by atoms with van der Waals surface area (Å²) in [6.45, 7) is 7.04. The highest BCUT2D eigenvalue weighted by Gasteiger charge is 2.33. The Labute approximate surface area is 108 Å². The highest BCUT2D eigenvalue weighted by atomic mass is 16.5. The minimum absolute atomic E-state index is 0.0471. The zero-order valence-corrected chi connectivity index (χ0v) is 11.3. The van der Waals surface area contributed by atoms with Crippen LogP contribution in [0.25, 0.3) is 0 Å². The van der Waals surface area contributed by atoms with E-state index in [1.165, 1.54) is 0 Å². The van der Waals surface area contributed by atoms with Crippen molar-refractivity contribution in [1.29, 1.82) is 0 Å². The number of nitrogens with zero attached hydrogens (tertiary/aromatic N) is 2. The molecule has 0 saturated heterocycles. The van der Waals surface area contributed by atoms with Gasteiger partial charge in [-0.25, -0.2) is 4.68 Å². The fourth-order valence-corrected chi connectivity index (χ4v) is 2.35. The Bertz CT molecular complexity index is 428. The first-order valence-corrected chi connectivity index (χ1v) is 6.66. The second kappa shape index (κ2) is 5.42. The topological polar surface area (TPSA) is 56.2 Å². The number of hydrogen-bond acceptors (Lipinski definition) is 4. The third kappa shape index (κ3) is 2.35. The van der Waals surface area contributed by atoms with Crippen LogP contribution in [0.2, 0.25) is 0 Å². The van der Waals surface area contributed by atoms with Crippen LogP contribution in [-0.2, 0) is 16.0 Å². The minimum Gasteiger partial charge on any atom is -0.466 e. The molecule has 0 radical (unpaired) electrons. The van der Waals surface area contributed by atoms with Gasteiger partial charge in [-0.1, -0.05) is 13.3 Å². The highest BCUT2D eigenvalue weighted by Crippen LogP contribution is 2.29. The molecule has 18 heavy (non-hydrogen) atoms. The van der Waals surface area contributed by atoms with Crippen molar-refractivity contribution in [2.45, 2.75) is 39.7 Å². The first kappa shape index (κ1) is 12.9. The van der Waals surface area contributed by atoms with Crippen LogP contribution >= 0.6 is 0 Å². The zero-order chi connectivity index (χ0) is 13.1. The predicted octanol–water partition coefficient (Wildman–Crippen LogP) is 2.00. The van der Waals surface area contributed by atoms with Crippen LogP contribution in [0, 0.1) is 5.92 Å². The largest absolute Gasteiger partial charge is 0.466 e. The quantitative estimate of drug-likeness (QED) is 0.832. The van der Waals surface area contributed by atoms with Crippen molar-refractivity contribution in [2.24, 2.45) is 5.92 Å². The molecule has 0 bridgehead atoms. The van der Waals surface area contributed by atoms with E-state index in [9.17, 15) is 4.79 Å². The van der Waals surface area contributed by atoms with E-state index in [0.717, 1.165) is 24.4 Å². The molecule has 0 spiro atoms. The second-order valence-corrected chi connectivity index (χ2v) is 4.70. The summed E-state index contributed by atoms with van der Waals surface area (Å²) in [7, 11) is 0. The Kier molecular flexibility index (Phi) is 3.89. The van der Waals surface area contributed by atoms with Crippen LogP contribution in [0.4, 0.5) is 5.82 Å². The van der Waals surface area contributed by atoms with E-state index < -0.39 is 0 Å². The number of esters is 1. The molecule has 5 nitrogen and oxygen atoms in total. The summed E-state index contributed by atoms with van der Waals surface area (Å²) in [6.07, 6.45) is 2.05. The van der Waals surface area contributed by atoms with E-state index >= 15 is 0 Å². The SMILES string of the molecule is CCCc1cc2n(n1)C(C)C(C(=O)OCC)CN2. The van der Waals surface area contributed by atoms with Gasteiger partial charge in [0.2, 0.25) is 0 Å². The molecule has 0 saturated carbocycles. The molecule has 2 rings (SSSR count). The monoisotopic (exact) mass is 251 g/mol. The van der Waals surface area contributed by atoms with Crippen molar-refractivity contribution >= 4 is 11.8 Å². The van der Waals surface area contributed by atoms with E-state index in [0.29, 0.717) is 13.2 Å². The summed E-state index contributed by atoms with van der Waals surface area (Å²) >= 11 is 0. The maximum absolute atomic E-state index is 11.8. The number of hydrogen-bond donors (Lipinski definition) is 1. The number of ether oxygens (including phenoxy) is 1. The lowest BCUT2D eigenvalue weighted by Crippen LogP contribution is -2.37. The molecule has 0 amide bonds. The molecule has 2 unspecified atom stereocenters. The van der Waals surface area contributed by atoms with Gasteiger partial charge in [0.15, 0.2) is 0 Å². The molecule has 0 aliphatic carbocycles. The van der Waals surface area contributed by atoms with Crippen molar-refractivity contribution in [3.8, 4) is 0 Å². The average Bonchev–Trinajstić information content (AvgIpc) is 2.74. The van der Waals surface area contributed by atoms with E-state index in [-0.39, 0.29) is 17.9 Å². The Morgan fingerprint density at radius 1 is 1.61 bits per heavy atom. The molecular formula is C13H21N3O2. The molecule has 2 heterocycles. The lowest BCUT2D eigenvalue weighted by molar-refractivity contribution is -0.149. The molecular weight excluding hydrogens is 230 g/mol. The summed E-state index contributed by atoms with van der Waals surface area (Å²) in [5.41, 5.74) is 1.08. The van der Waals surface area contributed by atoms with Crippen LogP contribution in [0.3, 0.4) is 0 Å². The molecule has 100 valence electrons. The maximum Gasteiger partial charge on any atom is 0.312 e. The van der Waals surface area contributed by atoms with Crippen LogP contribution in [0.1, 0.15) is 38.9 Å². The van der Waals surface area contributed by atoms with Gasteiger partial charge in [0.1, 0.15) is 5.82 Å². The van der Waals surface area contributed by atoms with Gasteiger partial charge in [0.05, 0.1) is 24.3 Å². The third-order valence-corrected chi connectivity index (χ3v) is 3.35. The van der Waals surface area contributed by atoms with E-state index in [4.69, 9.17) is 4.74 Å². The number of rotatable bonds is 4. The zero-order valence-electron chi connectivity index (χ0n) is 11.3. The number of carbonyl (C=O) groups excluding carboxylic acids is 1. The van der Waals surface area contributed by atoms with Gasteiger partial charge in [0.25, 0.3) is 0 Å². The molecule has 1 aliphatic rings. The number of carbonyl (C=O) groups is 1. The lowest BCUT2D eigenvalue weighted by Gasteiger charge is -2.29. The lowest BCUT2D eigenvalue weighted by atomic mass is 10.00. The Balaban J connectivity index is 2.16. The van der Waals surface area contributed by atoms with Gasteiger partial charge < -0.3 is 10.1 Å². The molecule has 2 atom stereocenters. The fourth-order valence-electron chi connectivity index (χ4n) is 2.35. The van der Waals surface area contributed by atoms with Gasteiger partial charge in [0, 0.05) is 12.6 Å². The first-order valence-electron chi connectivity index (χ1n) is 6.66. The van der Waals surface area contributed by atoms with Crippen molar-refractivity contribution < 1.29 is 9.53 Å². The highest BCUT2D eigenvalue weighted by molar-refractivity contribution is 5.74. The van der Waals surface area contributed by atoms with Crippen molar-refractivity contribution in [2.75, 3.05) is 18.5 Å². The number of anilines is 1. The van der Waals surface area contributed by atoms with Crippen LogP contribution in [0.15, 0.2) is 6.07 Å². The summed E-state index contributed by atoms with van der Waals surface area (Å²) < 4.78 is 7.01. The molecule has 1 aliphatic heterocycles. The molecule has 0 aromatic carbocycles. The summed E-state index contributed by atoms with van der Waals surface area (Å²) in [5, 5.41) is 7.82. The fraction of sp³-hybridized carbons (Fsp3) is 0.692. The predicted molar refractivity (Wildman–Crippen MR) is 69.5 cm³/mol. The Hall–Kier alpha value is -1.52. The van der Waals surface area contributed by atoms with E-state index in [2.05, 4.69) is 23.4 Å². The normalized spacial score (nSPS) is 22.2. The van der Waals surface area contributed by atoms with Crippen LogP contribution < -0.4 is 5.32 Å². The number of aromatic nitrogens is 2. The van der Waals surface area contributed by atoms with E-state index in [1.807, 2.05) is 18.5 Å². The summed E-state index contributed by atoms with van der Waals surface area (Å²) in [5.74, 6) is 0.703. The first-order chi connectivity index (χ1) is 8.67. The van der Waals surface area contributed by atoms with E-state index in [1.54, 1.807) is 0 Å². The average molecular weight is 251 g/mol. The van der Waals surface area contributed by atoms with Gasteiger partial charge in [-0.05, 0) is 20.3 Å². The number of aryl methyl sites for hydroxylation is 1. The Morgan fingerprint density at radius 3 is 3.06 bits per heavy atom. The molecule has 1 aromatic heterocycles. The van der Waals surface area contributed by atoms with Gasteiger partial charge in [-0.15, -0.1) is 0 Å². The Morgan fingerprint density at radius 2 is 2.39 bits per heavy atom. The standard InChI is InChI=1S/C13H21N3O2/c1-4-6-10-7-12-14-8-11(13(17)18-5-2)9(3)16(12)15-10/h7,9,11,14H,4-6,8H2,1-3H3. The maximum atomic E-state index is 11.8. The summed E-state index contributed by atoms with van der Waals surface area (Å²) in [4.78, 5) is 11.8. The number of fused-ring (bicyclic) bond motifs is 1. The number of nitrogens with one attached hydrogen (secondary N) is 1. The van der Waals surface area contributed by atoms with Crippen molar-refractivity contribution in [3.63, 3.8) is 0 Å².